The molecule has 0 N–H and O–H groups in total. The van der Waals surface area contributed by atoms with E-state index in [9.17, 15) is 31.1 Å². The number of nitrogens with zero attached hydrogens (tertiary/aromatic N) is 4. The van der Waals surface area contributed by atoms with Crippen LogP contribution in [0, 0.1) is 5.92 Å². The van der Waals surface area contributed by atoms with Gasteiger partial charge < -0.3 is 4.74 Å². The van der Waals surface area contributed by atoms with E-state index in [2.05, 4.69) is 14.7 Å². The minimum absolute atomic E-state index is 0.0417. The Hall–Kier alpha value is -2.89. The molecule has 2 heterocycles. The van der Waals surface area contributed by atoms with Gasteiger partial charge in [0.2, 0.25) is 0 Å². The van der Waals surface area contributed by atoms with Gasteiger partial charge in [-0.15, -0.1) is 13.2 Å². The molecule has 1 atom stereocenters. The van der Waals surface area contributed by atoms with Crippen LogP contribution in [0.15, 0.2) is 43.0 Å². The van der Waals surface area contributed by atoms with Gasteiger partial charge in [0.15, 0.2) is 0 Å². The first-order chi connectivity index (χ1) is 14.5. The number of alkyl halides is 6. The molecule has 0 bridgehead atoms. The lowest BCUT2D eigenvalue weighted by Gasteiger charge is -2.40. The third-order valence-corrected chi connectivity index (χ3v) is 4.74. The quantitative estimate of drug-likeness (QED) is 0.642. The second kappa shape index (κ2) is 9.08. The Kier molecular flexibility index (Phi) is 6.68. The summed E-state index contributed by atoms with van der Waals surface area (Å²) in [5.74, 6) is -2.65. The van der Waals surface area contributed by atoms with Crippen molar-refractivity contribution >= 4 is 5.91 Å². The number of ether oxygens (including phenoxy) is 1. The van der Waals surface area contributed by atoms with Crippen LogP contribution in [0.5, 0.6) is 5.75 Å². The van der Waals surface area contributed by atoms with Crippen LogP contribution in [0.3, 0.4) is 0 Å². The number of rotatable bonds is 5. The Labute approximate surface area is 173 Å². The summed E-state index contributed by atoms with van der Waals surface area (Å²) >= 11 is 0. The van der Waals surface area contributed by atoms with Crippen LogP contribution in [0.1, 0.15) is 28.8 Å². The molecule has 1 aliphatic heterocycles. The summed E-state index contributed by atoms with van der Waals surface area (Å²) in [5.41, 5.74) is 0.488. The van der Waals surface area contributed by atoms with Crippen LogP contribution >= 0.6 is 0 Å². The highest BCUT2D eigenvalue weighted by Crippen LogP contribution is 2.34. The lowest BCUT2D eigenvalue weighted by molar-refractivity contribution is -0.274. The molecule has 0 radical (unpaired) electrons. The minimum Gasteiger partial charge on any atom is -0.406 e. The number of benzene rings is 1. The number of aromatic nitrogens is 2. The van der Waals surface area contributed by atoms with E-state index in [1.807, 2.05) is 0 Å². The van der Waals surface area contributed by atoms with Crippen molar-refractivity contribution in [3.8, 4) is 5.75 Å². The van der Waals surface area contributed by atoms with E-state index >= 15 is 0 Å². The third kappa shape index (κ3) is 6.29. The normalized spacial score (nSPS) is 17.9. The van der Waals surface area contributed by atoms with Crippen molar-refractivity contribution in [2.24, 2.45) is 5.92 Å². The first kappa shape index (κ1) is 22.8. The number of piperidine rings is 1. The molecule has 1 unspecified atom stereocenters. The predicted molar refractivity (Wildman–Crippen MR) is 95.4 cm³/mol. The van der Waals surface area contributed by atoms with Crippen LogP contribution in [-0.2, 0) is 6.54 Å². The summed E-state index contributed by atoms with van der Waals surface area (Å²) < 4.78 is 80.6. The van der Waals surface area contributed by atoms with Crippen molar-refractivity contribution in [2.75, 3.05) is 13.1 Å². The lowest BCUT2D eigenvalue weighted by atomic mass is 9.98. The number of halogens is 6. The highest BCUT2D eigenvalue weighted by molar-refractivity contribution is 5.93. The highest BCUT2D eigenvalue weighted by atomic mass is 19.4. The van der Waals surface area contributed by atoms with E-state index in [1.165, 1.54) is 35.9 Å². The van der Waals surface area contributed by atoms with Crippen LogP contribution < -0.4 is 4.74 Å². The van der Waals surface area contributed by atoms with Crippen molar-refractivity contribution in [1.29, 1.82) is 0 Å². The van der Waals surface area contributed by atoms with Gasteiger partial charge in [-0.25, -0.2) is 15.0 Å². The molecule has 0 saturated carbocycles. The first-order valence-electron chi connectivity index (χ1n) is 9.26. The van der Waals surface area contributed by atoms with Gasteiger partial charge >= 0.3 is 12.5 Å². The summed E-state index contributed by atoms with van der Waals surface area (Å²) in [4.78, 5) is 20.5. The zero-order valence-electron chi connectivity index (χ0n) is 16.0. The maximum Gasteiger partial charge on any atom is 0.573 e. The fraction of sp³-hybridized carbons (Fsp3) is 0.421. The van der Waals surface area contributed by atoms with Crippen LogP contribution in [-0.4, -0.2) is 51.5 Å². The van der Waals surface area contributed by atoms with Crippen molar-refractivity contribution < 1.29 is 35.9 Å². The summed E-state index contributed by atoms with van der Waals surface area (Å²) in [6, 6.07) is 4.78. The number of carbonyl (C=O) groups excluding carboxylic acids is 1. The second-order valence-corrected chi connectivity index (χ2v) is 6.98. The molecular formula is C19H18F6N4O2. The molecule has 12 heteroatoms. The van der Waals surface area contributed by atoms with E-state index in [1.54, 1.807) is 0 Å². The Morgan fingerprint density at radius 3 is 2.32 bits per heavy atom. The van der Waals surface area contributed by atoms with Crippen molar-refractivity contribution in [1.82, 2.24) is 20.0 Å². The van der Waals surface area contributed by atoms with Gasteiger partial charge in [0.25, 0.3) is 5.91 Å². The second-order valence-electron chi connectivity index (χ2n) is 6.98. The zero-order valence-corrected chi connectivity index (χ0v) is 16.0. The molecule has 168 valence electrons. The van der Waals surface area contributed by atoms with Gasteiger partial charge in [0, 0.05) is 25.5 Å². The molecule has 31 heavy (non-hydrogen) atoms. The number of amides is 1. The smallest absolute Gasteiger partial charge is 0.406 e. The van der Waals surface area contributed by atoms with Gasteiger partial charge in [-0.05, 0) is 30.5 Å². The molecule has 0 spiro atoms. The van der Waals surface area contributed by atoms with Gasteiger partial charge in [-0.3, -0.25) is 9.80 Å². The molecule has 6 nitrogen and oxygen atoms in total. The van der Waals surface area contributed by atoms with Gasteiger partial charge in [-0.2, -0.15) is 13.2 Å². The molecule has 1 aliphatic rings. The molecule has 0 aliphatic carbocycles. The summed E-state index contributed by atoms with van der Waals surface area (Å²) in [7, 11) is 0. The molecule has 1 fully saturated rings. The van der Waals surface area contributed by atoms with E-state index in [4.69, 9.17) is 0 Å². The molecule has 1 aromatic heterocycles. The van der Waals surface area contributed by atoms with E-state index in [0.29, 0.717) is 5.56 Å². The molecule has 1 saturated heterocycles. The average Bonchev–Trinajstić information content (AvgIpc) is 2.72. The van der Waals surface area contributed by atoms with Crippen molar-refractivity contribution in [3.63, 3.8) is 0 Å². The molecule has 2 aromatic rings. The van der Waals surface area contributed by atoms with Gasteiger partial charge in [0.1, 0.15) is 12.1 Å². The molecule has 1 amide bonds. The predicted octanol–water partition coefficient (Wildman–Crippen LogP) is 4.21. The maximum absolute atomic E-state index is 13.3. The van der Waals surface area contributed by atoms with E-state index < -0.39 is 36.7 Å². The Morgan fingerprint density at radius 1 is 1.10 bits per heavy atom. The number of hydrazine groups is 1. The zero-order chi connectivity index (χ0) is 22.6. The maximum atomic E-state index is 13.3. The monoisotopic (exact) mass is 448 g/mol. The van der Waals surface area contributed by atoms with Gasteiger partial charge in [-0.1, -0.05) is 12.1 Å². The fourth-order valence-corrected chi connectivity index (χ4v) is 3.27. The highest BCUT2D eigenvalue weighted by Gasteiger charge is 2.43. The number of hydrogen-bond acceptors (Lipinski definition) is 5. The fourth-order valence-electron chi connectivity index (χ4n) is 3.27. The van der Waals surface area contributed by atoms with E-state index in [0.717, 1.165) is 17.1 Å². The Morgan fingerprint density at radius 2 is 1.74 bits per heavy atom. The topological polar surface area (TPSA) is 58.6 Å². The summed E-state index contributed by atoms with van der Waals surface area (Å²) in [6.45, 7) is -0.329. The SMILES string of the molecule is O=C(c1cncnc1)N(Cc1ccc(OC(F)(F)F)cc1)N1CCCC(C(F)(F)F)C1. The standard InChI is InChI=1S/C19H18F6N4O2/c20-18(21,22)15-2-1-7-28(11-15)29(17(30)14-8-26-12-27-9-14)10-13-3-5-16(6-4-13)31-19(23,24)25/h3-6,8-9,12,15H,1-2,7,10-11H2. The van der Waals surface area contributed by atoms with Crippen LogP contribution in [0.4, 0.5) is 26.3 Å². The van der Waals surface area contributed by atoms with Crippen molar-refractivity contribution in [2.45, 2.75) is 31.9 Å². The first-order valence-corrected chi connectivity index (χ1v) is 9.26. The summed E-state index contributed by atoms with van der Waals surface area (Å²) in [5, 5.41) is 2.47. The van der Waals surface area contributed by atoms with Crippen LogP contribution in [0.25, 0.3) is 0 Å². The lowest BCUT2D eigenvalue weighted by Crippen LogP contribution is -2.52. The minimum atomic E-state index is -4.85. The van der Waals surface area contributed by atoms with Crippen molar-refractivity contribution in [3.05, 3.63) is 54.1 Å². The average molecular weight is 448 g/mol. The Bertz CT molecular complexity index is 874. The van der Waals surface area contributed by atoms with E-state index in [-0.39, 0.29) is 31.5 Å². The molecular weight excluding hydrogens is 430 g/mol. The third-order valence-electron chi connectivity index (χ3n) is 4.74. The number of carbonyl (C=O) groups is 1. The van der Waals surface area contributed by atoms with Crippen LogP contribution in [0.2, 0.25) is 0 Å². The largest absolute Gasteiger partial charge is 0.573 e. The summed E-state index contributed by atoms with van der Waals surface area (Å²) in [6.07, 6.45) is -5.36. The Balaban J connectivity index is 1.83. The van der Waals surface area contributed by atoms with Gasteiger partial charge in [0.05, 0.1) is 18.0 Å². The molecule has 3 rings (SSSR count). The number of hydrogen-bond donors (Lipinski definition) is 0. The molecule has 1 aromatic carbocycles.